The molecule has 0 fully saturated rings. The van der Waals surface area contributed by atoms with Crippen molar-refractivity contribution >= 4 is 34.6 Å². The molecule has 1 aromatic carbocycles. The zero-order valence-corrected chi connectivity index (χ0v) is 9.91. The Morgan fingerprint density at radius 2 is 1.94 bits per heavy atom. The maximum absolute atomic E-state index is 12.4. The molecule has 0 bridgehead atoms. The number of carboxylic acid groups (broad SMARTS) is 1. The summed E-state index contributed by atoms with van der Waals surface area (Å²) in [5.41, 5.74) is -0.578. The third-order valence-electron chi connectivity index (χ3n) is 1.67. The van der Waals surface area contributed by atoms with Gasteiger partial charge in [-0.15, -0.1) is 0 Å². The molecular weight excluding hydrogens is 336 g/mol. The number of aliphatic carboxylic acids is 1. The van der Waals surface area contributed by atoms with E-state index in [0.29, 0.717) is 3.57 Å². The van der Waals surface area contributed by atoms with Crippen LogP contribution in [0.4, 0.5) is 13.2 Å². The highest BCUT2D eigenvalue weighted by Crippen LogP contribution is 2.31. The van der Waals surface area contributed by atoms with Crippen LogP contribution in [-0.4, -0.2) is 11.1 Å². The van der Waals surface area contributed by atoms with Gasteiger partial charge in [-0.05, 0) is 52.4 Å². The molecular formula is C10H6F3IO2. The molecule has 0 heterocycles. The van der Waals surface area contributed by atoms with Crippen molar-refractivity contribution in [2.75, 3.05) is 0 Å². The summed E-state index contributed by atoms with van der Waals surface area (Å²) in [7, 11) is 0. The van der Waals surface area contributed by atoms with Gasteiger partial charge in [0.1, 0.15) is 0 Å². The van der Waals surface area contributed by atoms with Crippen LogP contribution >= 0.6 is 22.6 Å². The summed E-state index contributed by atoms with van der Waals surface area (Å²) in [5, 5.41) is 8.36. The van der Waals surface area contributed by atoms with Gasteiger partial charge in [0, 0.05) is 9.65 Å². The van der Waals surface area contributed by atoms with Crippen molar-refractivity contribution in [1.29, 1.82) is 0 Å². The van der Waals surface area contributed by atoms with Gasteiger partial charge in [-0.25, -0.2) is 4.79 Å². The Kier molecular flexibility index (Phi) is 3.95. The highest BCUT2D eigenvalue weighted by Gasteiger charge is 2.30. The Morgan fingerprint density at radius 1 is 1.31 bits per heavy atom. The second-order valence-corrected chi connectivity index (χ2v) is 4.19. The van der Waals surface area contributed by atoms with Crippen molar-refractivity contribution < 1.29 is 23.1 Å². The zero-order valence-electron chi connectivity index (χ0n) is 7.75. The van der Waals surface area contributed by atoms with Crippen molar-refractivity contribution in [1.82, 2.24) is 0 Å². The van der Waals surface area contributed by atoms with Crippen LogP contribution in [0.3, 0.4) is 0 Å². The van der Waals surface area contributed by atoms with Crippen LogP contribution in [-0.2, 0) is 11.0 Å². The van der Waals surface area contributed by atoms with Crippen molar-refractivity contribution in [3.05, 3.63) is 39.0 Å². The molecule has 0 amide bonds. The number of carbonyl (C=O) groups is 1. The average molecular weight is 342 g/mol. The summed E-state index contributed by atoms with van der Waals surface area (Å²) in [5.74, 6) is -1.20. The Hall–Kier alpha value is -1.05. The third-order valence-corrected chi connectivity index (χ3v) is 2.29. The van der Waals surface area contributed by atoms with Gasteiger partial charge in [0.15, 0.2) is 0 Å². The second-order valence-electron chi connectivity index (χ2n) is 2.94. The summed E-state index contributed by atoms with van der Waals surface area (Å²) in [6.45, 7) is 0. The molecule has 0 atom stereocenters. The Balaban J connectivity index is 3.13. The fourth-order valence-electron chi connectivity index (χ4n) is 1.04. The van der Waals surface area contributed by atoms with Crippen LogP contribution in [0.15, 0.2) is 24.3 Å². The second kappa shape index (κ2) is 4.86. The Labute approximate surface area is 103 Å². The molecule has 1 aromatic rings. The predicted molar refractivity (Wildman–Crippen MR) is 60.8 cm³/mol. The van der Waals surface area contributed by atoms with E-state index in [2.05, 4.69) is 0 Å². The quantitative estimate of drug-likeness (QED) is 0.661. The molecule has 1 rings (SSSR count). The lowest BCUT2D eigenvalue weighted by Gasteiger charge is -2.08. The minimum Gasteiger partial charge on any atom is -0.478 e. The molecule has 16 heavy (non-hydrogen) atoms. The van der Waals surface area contributed by atoms with Crippen molar-refractivity contribution in [2.24, 2.45) is 0 Å². The molecule has 0 aliphatic heterocycles. The molecule has 0 saturated heterocycles. The van der Waals surface area contributed by atoms with Crippen LogP contribution in [0.25, 0.3) is 6.08 Å². The zero-order chi connectivity index (χ0) is 12.3. The van der Waals surface area contributed by atoms with Crippen molar-refractivity contribution in [3.63, 3.8) is 0 Å². The number of hydrogen-bond donors (Lipinski definition) is 1. The lowest BCUT2D eigenvalue weighted by Crippen LogP contribution is -2.05. The summed E-state index contributed by atoms with van der Waals surface area (Å²) in [6.07, 6.45) is -2.50. The Bertz CT molecular complexity index is 438. The van der Waals surface area contributed by atoms with E-state index in [4.69, 9.17) is 5.11 Å². The fourth-order valence-corrected chi connectivity index (χ4v) is 1.73. The van der Waals surface area contributed by atoms with Gasteiger partial charge < -0.3 is 5.11 Å². The minimum absolute atomic E-state index is 0.210. The standard InChI is InChI=1S/C10H6F3IO2/c11-10(12,13)7-3-6(1-2-9(15)16)4-8(14)5-7/h1-5H,(H,15,16)/b2-1+. The summed E-state index contributed by atoms with van der Waals surface area (Å²) in [6, 6.07) is 3.37. The monoisotopic (exact) mass is 342 g/mol. The molecule has 0 spiro atoms. The number of benzene rings is 1. The largest absolute Gasteiger partial charge is 0.478 e. The maximum Gasteiger partial charge on any atom is 0.416 e. The van der Waals surface area contributed by atoms with Gasteiger partial charge in [-0.1, -0.05) is 0 Å². The van der Waals surface area contributed by atoms with E-state index in [1.54, 1.807) is 22.6 Å². The van der Waals surface area contributed by atoms with Crippen LogP contribution < -0.4 is 0 Å². The first kappa shape index (κ1) is 13.0. The van der Waals surface area contributed by atoms with Gasteiger partial charge in [0.25, 0.3) is 0 Å². The molecule has 0 aliphatic rings. The molecule has 0 radical (unpaired) electrons. The molecule has 1 N–H and O–H groups in total. The number of rotatable bonds is 2. The molecule has 6 heteroatoms. The smallest absolute Gasteiger partial charge is 0.416 e. The van der Waals surface area contributed by atoms with Crippen LogP contribution in [0.2, 0.25) is 0 Å². The van der Waals surface area contributed by atoms with Crippen molar-refractivity contribution in [2.45, 2.75) is 6.18 Å². The lowest BCUT2D eigenvalue weighted by atomic mass is 10.1. The van der Waals surface area contributed by atoms with E-state index in [1.807, 2.05) is 0 Å². The van der Waals surface area contributed by atoms with Gasteiger partial charge >= 0.3 is 12.1 Å². The summed E-state index contributed by atoms with van der Waals surface area (Å²) in [4.78, 5) is 10.2. The van der Waals surface area contributed by atoms with Crippen LogP contribution in [0, 0.1) is 3.57 Å². The topological polar surface area (TPSA) is 37.3 Å². The van der Waals surface area contributed by atoms with Gasteiger partial charge in [-0.3, -0.25) is 0 Å². The first-order chi connectivity index (χ1) is 7.29. The lowest BCUT2D eigenvalue weighted by molar-refractivity contribution is -0.137. The number of alkyl halides is 3. The highest BCUT2D eigenvalue weighted by molar-refractivity contribution is 14.1. The minimum atomic E-state index is -4.42. The first-order valence-corrected chi connectivity index (χ1v) is 5.16. The van der Waals surface area contributed by atoms with E-state index < -0.39 is 17.7 Å². The molecule has 0 aromatic heterocycles. The van der Waals surface area contributed by atoms with E-state index in [9.17, 15) is 18.0 Å². The molecule has 2 nitrogen and oxygen atoms in total. The normalized spacial score (nSPS) is 12.0. The number of halogens is 4. The molecule has 0 saturated carbocycles. The van der Waals surface area contributed by atoms with Crippen LogP contribution in [0.5, 0.6) is 0 Å². The van der Waals surface area contributed by atoms with E-state index in [0.717, 1.165) is 24.3 Å². The first-order valence-electron chi connectivity index (χ1n) is 4.08. The third kappa shape index (κ3) is 3.84. The Morgan fingerprint density at radius 3 is 2.44 bits per heavy atom. The van der Waals surface area contributed by atoms with Crippen LogP contribution in [0.1, 0.15) is 11.1 Å². The molecule has 86 valence electrons. The maximum atomic E-state index is 12.4. The van der Waals surface area contributed by atoms with Crippen molar-refractivity contribution in [3.8, 4) is 0 Å². The SMILES string of the molecule is O=C(O)/C=C/c1cc(I)cc(C(F)(F)F)c1. The highest BCUT2D eigenvalue weighted by atomic mass is 127. The van der Waals surface area contributed by atoms with Gasteiger partial charge in [0.2, 0.25) is 0 Å². The summed E-state index contributed by atoms with van der Waals surface area (Å²) < 4.78 is 37.6. The number of hydrogen-bond acceptors (Lipinski definition) is 1. The number of carboxylic acids is 1. The average Bonchev–Trinajstić information content (AvgIpc) is 2.12. The van der Waals surface area contributed by atoms with Gasteiger partial charge in [0.05, 0.1) is 5.56 Å². The predicted octanol–water partition coefficient (Wildman–Crippen LogP) is 3.41. The van der Waals surface area contributed by atoms with E-state index in [1.165, 1.54) is 6.07 Å². The van der Waals surface area contributed by atoms with Gasteiger partial charge in [-0.2, -0.15) is 13.2 Å². The van der Waals surface area contributed by atoms with E-state index >= 15 is 0 Å². The summed E-state index contributed by atoms with van der Waals surface area (Å²) >= 11 is 1.75. The van der Waals surface area contributed by atoms with E-state index in [-0.39, 0.29) is 5.56 Å². The molecule has 0 unspecified atom stereocenters. The fraction of sp³-hybridized carbons (Fsp3) is 0.100. The molecule has 0 aliphatic carbocycles.